The van der Waals surface area contributed by atoms with E-state index in [1.165, 1.54) is 5.38 Å². The van der Waals surface area contributed by atoms with Crippen molar-refractivity contribution in [2.45, 2.75) is 24.5 Å². The Kier molecular flexibility index (Phi) is 6.31. The summed E-state index contributed by atoms with van der Waals surface area (Å²) < 4.78 is 26.1. The normalized spacial score (nSPS) is 11.3. The van der Waals surface area contributed by atoms with Crippen molar-refractivity contribution in [3.05, 3.63) is 17.0 Å². The van der Waals surface area contributed by atoms with Crippen molar-refractivity contribution in [1.29, 1.82) is 0 Å². The fourth-order valence-corrected chi connectivity index (χ4v) is 3.90. The standard InChI is InChI=1S/C12H18N2O5S2/c1-3-14(4-2)10(15)5-6-13-21(18,19)11-7-9(8-20-11)12(16)17/h7-8,13H,3-6H2,1-2H3,(H,16,17). The molecule has 118 valence electrons. The van der Waals surface area contributed by atoms with Gasteiger partial charge in [-0.25, -0.2) is 17.9 Å². The van der Waals surface area contributed by atoms with E-state index in [2.05, 4.69) is 4.72 Å². The summed E-state index contributed by atoms with van der Waals surface area (Å²) in [6, 6.07) is 1.10. The Morgan fingerprint density at radius 3 is 2.43 bits per heavy atom. The van der Waals surface area contributed by atoms with E-state index in [1.54, 1.807) is 4.90 Å². The Hall–Kier alpha value is -1.45. The van der Waals surface area contributed by atoms with Gasteiger partial charge in [0.2, 0.25) is 15.9 Å². The molecule has 9 heteroatoms. The highest BCUT2D eigenvalue weighted by Gasteiger charge is 2.19. The topological polar surface area (TPSA) is 104 Å². The summed E-state index contributed by atoms with van der Waals surface area (Å²) in [4.78, 5) is 24.1. The van der Waals surface area contributed by atoms with Crippen LogP contribution in [0.15, 0.2) is 15.7 Å². The van der Waals surface area contributed by atoms with E-state index < -0.39 is 16.0 Å². The average Bonchev–Trinajstić information content (AvgIpc) is 2.90. The Bertz CT molecular complexity index is 605. The molecule has 0 saturated carbocycles. The molecule has 0 spiro atoms. The van der Waals surface area contributed by atoms with Crippen molar-refractivity contribution in [1.82, 2.24) is 9.62 Å². The molecule has 0 bridgehead atoms. The van der Waals surface area contributed by atoms with E-state index in [0.717, 1.165) is 17.4 Å². The molecule has 1 rings (SSSR count). The maximum atomic E-state index is 11.9. The summed E-state index contributed by atoms with van der Waals surface area (Å²) >= 11 is 0.832. The number of carboxylic acid groups (broad SMARTS) is 1. The van der Waals surface area contributed by atoms with Gasteiger partial charge in [0.25, 0.3) is 0 Å². The van der Waals surface area contributed by atoms with Gasteiger partial charge in [0, 0.05) is 31.4 Å². The Morgan fingerprint density at radius 2 is 1.95 bits per heavy atom. The molecule has 0 aliphatic rings. The van der Waals surface area contributed by atoms with Crippen LogP contribution in [0.5, 0.6) is 0 Å². The van der Waals surface area contributed by atoms with Crippen LogP contribution in [-0.4, -0.2) is 49.9 Å². The maximum Gasteiger partial charge on any atom is 0.336 e. The smallest absolute Gasteiger partial charge is 0.336 e. The molecule has 1 aromatic heterocycles. The van der Waals surface area contributed by atoms with Gasteiger partial charge < -0.3 is 10.0 Å². The zero-order valence-electron chi connectivity index (χ0n) is 11.8. The number of thiophene rings is 1. The van der Waals surface area contributed by atoms with E-state index in [9.17, 15) is 18.0 Å². The third kappa shape index (κ3) is 4.80. The predicted molar refractivity (Wildman–Crippen MR) is 79.0 cm³/mol. The summed E-state index contributed by atoms with van der Waals surface area (Å²) in [5, 5.41) is 10.0. The molecule has 2 N–H and O–H groups in total. The number of nitrogens with zero attached hydrogens (tertiary/aromatic N) is 1. The van der Waals surface area contributed by atoms with Crippen molar-refractivity contribution in [3.8, 4) is 0 Å². The predicted octanol–water partition coefficient (Wildman–Crippen LogP) is 0.983. The number of rotatable bonds is 8. The number of nitrogens with one attached hydrogen (secondary N) is 1. The van der Waals surface area contributed by atoms with E-state index in [-0.39, 0.29) is 28.6 Å². The van der Waals surface area contributed by atoms with Crippen LogP contribution in [0.25, 0.3) is 0 Å². The molecule has 0 aliphatic heterocycles. The summed E-state index contributed by atoms with van der Waals surface area (Å²) in [5.41, 5.74) is -0.0698. The molecule has 0 radical (unpaired) electrons. The highest BCUT2D eigenvalue weighted by atomic mass is 32.2. The monoisotopic (exact) mass is 334 g/mol. The second-order valence-electron chi connectivity index (χ2n) is 4.17. The number of sulfonamides is 1. The fraction of sp³-hybridized carbons (Fsp3) is 0.500. The molecular weight excluding hydrogens is 316 g/mol. The number of hydrogen-bond donors (Lipinski definition) is 2. The molecule has 0 unspecified atom stereocenters. The van der Waals surface area contributed by atoms with Gasteiger partial charge in [-0.2, -0.15) is 0 Å². The number of carboxylic acids is 1. The van der Waals surface area contributed by atoms with Gasteiger partial charge in [0.15, 0.2) is 0 Å². The number of carbonyl (C=O) groups excluding carboxylic acids is 1. The zero-order chi connectivity index (χ0) is 16.0. The number of carbonyl (C=O) groups is 2. The first-order chi connectivity index (χ1) is 9.81. The van der Waals surface area contributed by atoms with Gasteiger partial charge in [-0.15, -0.1) is 11.3 Å². The molecule has 1 heterocycles. The van der Waals surface area contributed by atoms with E-state index in [4.69, 9.17) is 5.11 Å². The Balaban J connectivity index is 2.61. The van der Waals surface area contributed by atoms with Crippen LogP contribution < -0.4 is 4.72 Å². The second-order valence-corrected chi connectivity index (χ2v) is 7.08. The van der Waals surface area contributed by atoms with E-state index in [0.29, 0.717) is 13.1 Å². The molecule has 0 saturated heterocycles. The Labute approximate surface area is 127 Å². The van der Waals surface area contributed by atoms with Gasteiger partial charge in [-0.05, 0) is 19.9 Å². The maximum absolute atomic E-state index is 11.9. The molecule has 7 nitrogen and oxygen atoms in total. The molecule has 21 heavy (non-hydrogen) atoms. The lowest BCUT2D eigenvalue weighted by atomic mass is 10.3. The van der Waals surface area contributed by atoms with Gasteiger partial charge in [-0.3, -0.25) is 4.79 Å². The Morgan fingerprint density at radius 1 is 1.33 bits per heavy atom. The third-order valence-corrected chi connectivity index (χ3v) is 5.73. The van der Waals surface area contributed by atoms with Gasteiger partial charge in [0.1, 0.15) is 4.21 Å². The van der Waals surface area contributed by atoms with Crippen LogP contribution in [0.1, 0.15) is 30.6 Å². The first-order valence-electron chi connectivity index (χ1n) is 6.41. The van der Waals surface area contributed by atoms with Crippen LogP contribution in [0, 0.1) is 0 Å². The average molecular weight is 334 g/mol. The van der Waals surface area contributed by atoms with Crippen molar-refractivity contribution in [3.63, 3.8) is 0 Å². The SMILES string of the molecule is CCN(CC)C(=O)CCNS(=O)(=O)c1cc(C(=O)O)cs1. The van der Waals surface area contributed by atoms with Crippen LogP contribution >= 0.6 is 11.3 Å². The molecule has 1 aromatic rings. The van der Waals surface area contributed by atoms with Crippen molar-refractivity contribution < 1.29 is 23.1 Å². The quantitative estimate of drug-likeness (QED) is 0.737. The first kappa shape index (κ1) is 17.6. The highest BCUT2D eigenvalue weighted by Crippen LogP contribution is 2.19. The minimum Gasteiger partial charge on any atom is -0.478 e. The molecule has 0 fully saturated rings. The summed E-state index contributed by atoms with van der Waals surface area (Å²) in [7, 11) is -3.77. The highest BCUT2D eigenvalue weighted by molar-refractivity contribution is 7.91. The molecule has 1 amide bonds. The molecule has 0 aromatic carbocycles. The lowest BCUT2D eigenvalue weighted by Crippen LogP contribution is -2.34. The van der Waals surface area contributed by atoms with Crippen LogP contribution in [0.3, 0.4) is 0 Å². The van der Waals surface area contributed by atoms with Crippen molar-refractivity contribution >= 4 is 33.2 Å². The number of hydrogen-bond acceptors (Lipinski definition) is 5. The van der Waals surface area contributed by atoms with E-state index >= 15 is 0 Å². The fourth-order valence-electron chi connectivity index (χ4n) is 1.67. The summed E-state index contributed by atoms with van der Waals surface area (Å²) in [6.45, 7) is 4.84. The lowest BCUT2D eigenvalue weighted by Gasteiger charge is -2.18. The molecule has 0 aliphatic carbocycles. The van der Waals surface area contributed by atoms with Crippen LogP contribution in [-0.2, 0) is 14.8 Å². The largest absolute Gasteiger partial charge is 0.478 e. The van der Waals surface area contributed by atoms with Crippen LogP contribution in [0.4, 0.5) is 0 Å². The first-order valence-corrected chi connectivity index (χ1v) is 8.77. The number of amides is 1. The van der Waals surface area contributed by atoms with Gasteiger partial charge >= 0.3 is 5.97 Å². The van der Waals surface area contributed by atoms with Gasteiger partial charge in [-0.1, -0.05) is 0 Å². The lowest BCUT2D eigenvalue weighted by molar-refractivity contribution is -0.130. The minimum atomic E-state index is -3.77. The second kappa shape index (κ2) is 7.53. The van der Waals surface area contributed by atoms with Crippen LogP contribution in [0.2, 0.25) is 0 Å². The van der Waals surface area contributed by atoms with E-state index in [1.807, 2.05) is 13.8 Å². The summed E-state index contributed by atoms with van der Waals surface area (Å²) in [6.07, 6.45) is 0.0675. The van der Waals surface area contributed by atoms with Crippen molar-refractivity contribution in [2.75, 3.05) is 19.6 Å². The molecular formula is C12H18N2O5S2. The third-order valence-electron chi connectivity index (χ3n) is 2.83. The molecule has 0 atom stereocenters. The van der Waals surface area contributed by atoms with Crippen molar-refractivity contribution in [2.24, 2.45) is 0 Å². The minimum absolute atomic E-state index is 0.0159. The summed E-state index contributed by atoms with van der Waals surface area (Å²) in [5.74, 6) is -1.30. The van der Waals surface area contributed by atoms with Gasteiger partial charge in [0.05, 0.1) is 5.56 Å². The number of aromatic carboxylic acids is 1. The zero-order valence-corrected chi connectivity index (χ0v) is 13.5.